The van der Waals surface area contributed by atoms with Crippen LogP contribution in [0.2, 0.25) is 5.02 Å². The molecule has 0 radical (unpaired) electrons. The normalized spacial score (nSPS) is 11.6. The summed E-state index contributed by atoms with van der Waals surface area (Å²) in [6, 6.07) is 19.8. The number of hydrogen-bond donors (Lipinski definition) is 0. The monoisotopic (exact) mass is 487 g/mol. The third kappa shape index (κ3) is 5.72. The number of benzene rings is 3. The lowest BCUT2D eigenvalue weighted by atomic mass is 9.99. The lowest BCUT2D eigenvalue weighted by molar-refractivity contribution is -0.153. The Labute approximate surface area is 199 Å². The van der Waals surface area contributed by atoms with Crippen LogP contribution >= 0.6 is 11.6 Å². The summed E-state index contributed by atoms with van der Waals surface area (Å²) in [4.78, 5) is 12.1. The first kappa shape index (κ1) is 23.7. The van der Waals surface area contributed by atoms with E-state index in [2.05, 4.69) is 0 Å². The molecule has 8 heteroatoms. The molecule has 0 aliphatic rings. The van der Waals surface area contributed by atoms with Crippen molar-refractivity contribution in [2.75, 3.05) is 13.7 Å². The molecule has 0 aliphatic heterocycles. The number of ether oxygens (including phenoxy) is 2. The van der Waals surface area contributed by atoms with E-state index in [9.17, 15) is 18.0 Å². The van der Waals surface area contributed by atoms with E-state index >= 15 is 0 Å². The van der Waals surface area contributed by atoms with Crippen molar-refractivity contribution in [3.63, 3.8) is 0 Å². The van der Waals surface area contributed by atoms with Gasteiger partial charge < -0.3 is 14.0 Å². The maximum atomic E-state index is 12.4. The van der Waals surface area contributed by atoms with Gasteiger partial charge in [0.25, 0.3) is 0 Å². The van der Waals surface area contributed by atoms with Crippen LogP contribution < -0.4 is 4.74 Å². The molecule has 0 spiro atoms. The maximum absolute atomic E-state index is 12.4. The van der Waals surface area contributed by atoms with E-state index in [1.165, 1.54) is 13.2 Å². The topological polar surface area (TPSA) is 40.5 Å². The molecular formula is C26H21ClF3NO3. The Morgan fingerprint density at radius 3 is 2.59 bits per heavy atom. The lowest BCUT2D eigenvalue weighted by Crippen LogP contribution is -2.19. The number of alkyl halides is 3. The average Bonchev–Trinajstić information content (AvgIpc) is 3.20. The third-order valence-corrected chi connectivity index (χ3v) is 5.60. The molecule has 1 aromatic heterocycles. The molecule has 0 saturated carbocycles. The van der Waals surface area contributed by atoms with Crippen LogP contribution in [-0.4, -0.2) is 30.4 Å². The van der Waals surface area contributed by atoms with Crippen LogP contribution in [-0.2, 0) is 17.7 Å². The molecule has 3 aromatic carbocycles. The van der Waals surface area contributed by atoms with E-state index in [0.29, 0.717) is 23.6 Å². The van der Waals surface area contributed by atoms with Gasteiger partial charge >= 0.3 is 12.1 Å². The Morgan fingerprint density at radius 2 is 1.82 bits per heavy atom. The Balaban J connectivity index is 1.53. The van der Waals surface area contributed by atoms with Crippen molar-refractivity contribution in [2.24, 2.45) is 0 Å². The summed E-state index contributed by atoms with van der Waals surface area (Å²) in [5, 5.41) is 1.47. The van der Waals surface area contributed by atoms with Crippen molar-refractivity contribution in [2.45, 2.75) is 19.1 Å². The molecule has 0 unspecified atom stereocenters. The van der Waals surface area contributed by atoms with Crippen molar-refractivity contribution in [3.05, 3.63) is 100 Å². The molecule has 34 heavy (non-hydrogen) atoms. The van der Waals surface area contributed by atoms with Gasteiger partial charge in [-0.3, -0.25) is 0 Å². The molecule has 0 atom stereocenters. The highest BCUT2D eigenvalue weighted by Crippen LogP contribution is 2.25. The number of carbonyl (C=O) groups excluding carboxylic acids is 1. The number of esters is 1. The van der Waals surface area contributed by atoms with Gasteiger partial charge in [-0.15, -0.1) is 0 Å². The third-order valence-electron chi connectivity index (χ3n) is 5.36. The second-order valence-electron chi connectivity index (χ2n) is 7.86. The number of fused-ring (bicyclic) bond motifs is 1. The highest BCUT2D eigenvalue weighted by Gasteiger charge is 2.28. The fraction of sp³-hybridized carbons (Fsp3) is 0.192. The fourth-order valence-corrected chi connectivity index (χ4v) is 3.99. The molecule has 0 aliphatic carbocycles. The second-order valence-corrected chi connectivity index (χ2v) is 8.29. The van der Waals surface area contributed by atoms with Gasteiger partial charge in [0, 0.05) is 23.3 Å². The van der Waals surface area contributed by atoms with E-state index in [-0.39, 0.29) is 5.75 Å². The van der Waals surface area contributed by atoms with Crippen LogP contribution in [0.1, 0.15) is 27.0 Å². The number of aromatic nitrogens is 1. The number of hydrogen-bond acceptors (Lipinski definition) is 3. The van der Waals surface area contributed by atoms with Crippen LogP contribution in [0, 0.1) is 0 Å². The lowest BCUT2D eigenvalue weighted by Gasteiger charge is -2.12. The Bertz CT molecular complexity index is 1330. The predicted molar refractivity (Wildman–Crippen MR) is 125 cm³/mol. The second kappa shape index (κ2) is 9.81. The minimum atomic E-state index is -4.38. The minimum absolute atomic E-state index is 0.179. The summed E-state index contributed by atoms with van der Waals surface area (Å²) in [5.74, 6) is -0.260. The molecular weight excluding hydrogens is 467 g/mol. The molecule has 0 saturated heterocycles. The Kier molecular flexibility index (Phi) is 6.84. The van der Waals surface area contributed by atoms with Gasteiger partial charge in [0.2, 0.25) is 0 Å². The quantitative estimate of drug-likeness (QED) is 0.274. The Morgan fingerprint density at radius 1 is 1.00 bits per heavy atom. The summed E-state index contributed by atoms with van der Waals surface area (Å²) < 4.78 is 49.0. The zero-order valence-corrected chi connectivity index (χ0v) is 19.0. The van der Waals surface area contributed by atoms with Crippen molar-refractivity contribution in [1.29, 1.82) is 0 Å². The van der Waals surface area contributed by atoms with Crippen molar-refractivity contribution >= 4 is 28.5 Å². The molecule has 4 nitrogen and oxygen atoms in total. The molecule has 0 fully saturated rings. The molecule has 1 heterocycles. The van der Waals surface area contributed by atoms with Crippen LogP contribution in [0.15, 0.2) is 72.9 Å². The minimum Gasteiger partial charge on any atom is -0.484 e. The first-order chi connectivity index (χ1) is 16.2. The van der Waals surface area contributed by atoms with Gasteiger partial charge in [-0.25, -0.2) is 4.79 Å². The molecule has 0 N–H and O–H groups in total. The van der Waals surface area contributed by atoms with Crippen molar-refractivity contribution < 1.29 is 27.4 Å². The highest BCUT2D eigenvalue weighted by atomic mass is 35.5. The number of nitrogens with zero attached hydrogens (tertiary/aromatic N) is 1. The zero-order valence-electron chi connectivity index (χ0n) is 18.2. The van der Waals surface area contributed by atoms with Gasteiger partial charge in [0.15, 0.2) is 6.61 Å². The number of halogens is 4. The van der Waals surface area contributed by atoms with Crippen LogP contribution in [0.25, 0.3) is 10.9 Å². The van der Waals surface area contributed by atoms with E-state index < -0.39 is 18.8 Å². The van der Waals surface area contributed by atoms with E-state index in [0.717, 1.165) is 27.6 Å². The molecule has 0 amide bonds. The summed E-state index contributed by atoms with van der Waals surface area (Å²) >= 11 is 6.05. The zero-order chi connectivity index (χ0) is 24.3. The summed E-state index contributed by atoms with van der Waals surface area (Å²) in [5.41, 5.74) is 4.06. The van der Waals surface area contributed by atoms with Crippen LogP contribution in [0.4, 0.5) is 13.2 Å². The van der Waals surface area contributed by atoms with Crippen LogP contribution in [0.3, 0.4) is 0 Å². The molecule has 176 valence electrons. The first-order valence-corrected chi connectivity index (χ1v) is 10.8. The van der Waals surface area contributed by atoms with Gasteiger partial charge in [-0.2, -0.15) is 13.2 Å². The smallest absolute Gasteiger partial charge is 0.422 e. The van der Waals surface area contributed by atoms with Gasteiger partial charge in [-0.05, 0) is 71.0 Å². The molecule has 4 aromatic rings. The maximum Gasteiger partial charge on any atom is 0.422 e. The fourth-order valence-electron chi connectivity index (χ4n) is 3.82. The highest BCUT2D eigenvalue weighted by molar-refractivity contribution is 6.31. The number of rotatable bonds is 7. The number of methoxy groups -OCH3 is 1. The van der Waals surface area contributed by atoms with Crippen molar-refractivity contribution in [3.8, 4) is 5.75 Å². The molecule has 0 bridgehead atoms. The van der Waals surface area contributed by atoms with Crippen molar-refractivity contribution in [1.82, 2.24) is 4.57 Å². The van der Waals surface area contributed by atoms with E-state index in [4.69, 9.17) is 21.1 Å². The average molecular weight is 488 g/mol. The van der Waals surface area contributed by atoms with E-state index in [1.807, 2.05) is 47.2 Å². The van der Waals surface area contributed by atoms with E-state index in [1.54, 1.807) is 24.3 Å². The summed E-state index contributed by atoms with van der Waals surface area (Å²) in [6.45, 7) is -0.841. The first-order valence-electron chi connectivity index (χ1n) is 10.4. The predicted octanol–water partition coefficient (Wildman–Crippen LogP) is 6.66. The SMILES string of the molecule is COC(=O)c1cc(Cl)ccc1Cc1ccc2c(ccn2Cc2cccc(OCC(F)(F)F)c2)c1. The number of carbonyl (C=O) groups is 1. The molecule has 4 rings (SSSR count). The van der Waals surface area contributed by atoms with Crippen LogP contribution in [0.5, 0.6) is 5.75 Å². The van der Waals surface area contributed by atoms with Gasteiger partial charge in [0.05, 0.1) is 12.7 Å². The Hall–Kier alpha value is -3.45. The van der Waals surface area contributed by atoms with Gasteiger partial charge in [0.1, 0.15) is 5.75 Å². The summed E-state index contributed by atoms with van der Waals surface area (Å²) in [6.07, 6.45) is -1.92. The largest absolute Gasteiger partial charge is 0.484 e. The van der Waals surface area contributed by atoms with Gasteiger partial charge in [-0.1, -0.05) is 35.9 Å². The standard InChI is InChI=1S/C26H21ClF3NO3/c1-33-25(32)23-14-21(27)7-6-19(23)11-17-5-8-24-20(12-17)9-10-31(24)15-18-3-2-4-22(13-18)34-16-26(28,29)30/h2-10,12-14H,11,15-16H2,1H3. The summed E-state index contributed by atoms with van der Waals surface area (Å²) in [7, 11) is 1.33.